The number of rotatable bonds is 11. The van der Waals surface area contributed by atoms with Crippen molar-refractivity contribution < 1.29 is 32.2 Å². The Morgan fingerprint density at radius 2 is 1.57 bits per heavy atom. The number of hydrogen-bond acceptors (Lipinski definition) is 7. The van der Waals surface area contributed by atoms with Crippen molar-refractivity contribution in [2.45, 2.75) is 11.8 Å². The van der Waals surface area contributed by atoms with Gasteiger partial charge in [0.05, 0.1) is 38.5 Å². The Kier molecular flexibility index (Phi) is 8.43. The lowest BCUT2D eigenvalue weighted by atomic mass is 10.3. The van der Waals surface area contributed by atoms with E-state index in [4.69, 9.17) is 18.9 Å². The van der Waals surface area contributed by atoms with Crippen molar-refractivity contribution in [2.24, 2.45) is 0 Å². The van der Waals surface area contributed by atoms with Gasteiger partial charge in [0, 0.05) is 17.8 Å². The topological polar surface area (TPSA) is 103 Å². The maximum Gasteiger partial charge on any atom is 0.264 e. The van der Waals surface area contributed by atoms with Gasteiger partial charge in [-0.1, -0.05) is 6.07 Å². The summed E-state index contributed by atoms with van der Waals surface area (Å²) in [6, 6.07) is 17.5. The molecule has 0 bridgehead atoms. The van der Waals surface area contributed by atoms with E-state index in [0.717, 1.165) is 4.31 Å². The van der Waals surface area contributed by atoms with Gasteiger partial charge in [-0.15, -0.1) is 0 Å². The van der Waals surface area contributed by atoms with E-state index in [0.29, 0.717) is 35.2 Å². The molecule has 186 valence electrons. The number of amides is 1. The summed E-state index contributed by atoms with van der Waals surface area (Å²) in [5.74, 6) is 1.25. The second-order valence-corrected chi connectivity index (χ2v) is 9.10. The van der Waals surface area contributed by atoms with Gasteiger partial charge in [0.15, 0.2) is 11.5 Å². The number of hydrogen-bond donors (Lipinski definition) is 1. The van der Waals surface area contributed by atoms with Crippen molar-refractivity contribution in [1.82, 2.24) is 0 Å². The Morgan fingerprint density at radius 1 is 0.857 bits per heavy atom. The number of nitrogens with zero attached hydrogens (tertiary/aromatic N) is 1. The van der Waals surface area contributed by atoms with Crippen molar-refractivity contribution in [1.29, 1.82) is 0 Å². The van der Waals surface area contributed by atoms with Gasteiger partial charge in [0.25, 0.3) is 10.0 Å². The second-order valence-electron chi connectivity index (χ2n) is 7.24. The van der Waals surface area contributed by atoms with Crippen LogP contribution < -0.4 is 28.6 Å². The molecule has 0 spiro atoms. The molecule has 0 aliphatic heterocycles. The second kappa shape index (κ2) is 11.5. The summed E-state index contributed by atoms with van der Waals surface area (Å²) < 4.78 is 49.5. The molecule has 1 amide bonds. The fourth-order valence-electron chi connectivity index (χ4n) is 3.33. The molecule has 3 rings (SSSR count). The smallest absolute Gasteiger partial charge is 0.264 e. The molecule has 3 aromatic rings. The van der Waals surface area contributed by atoms with Gasteiger partial charge in [0.1, 0.15) is 18.0 Å². The van der Waals surface area contributed by atoms with Crippen molar-refractivity contribution in [2.75, 3.05) is 44.1 Å². The predicted molar refractivity (Wildman–Crippen MR) is 133 cm³/mol. The fraction of sp³-hybridized carbons (Fsp3) is 0.240. The SMILES string of the molecule is CCOc1ccc(N(CC(=O)Nc2cccc(OC)c2)S(=O)(=O)c2ccc(OC)c(OC)c2)cc1. The Hall–Kier alpha value is -3.92. The summed E-state index contributed by atoms with van der Waals surface area (Å²) in [4.78, 5) is 12.9. The van der Waals surface area contributed by atoms with E-state index in [1.54, 1.807) is 48.5 Å². The normalized spacial score (nSPS) is 10.9. The summed E-state index contributed by atoms with van der Waals surface area (Å²) in [6.07, 6.45) is 0. The van der Waals surface area contributed by atoms with E-state index in [9.17, 15) is 13.2 Å². The lowest BCUT2D eigenvalue weighted by molar-refractivity contribution is -0.114. The van der Waals surface area contributed by atoms with Gasteiger partial charge in [-0.2, -0.15) is 0 Å². The van der Waals surface area contributed by atoms with Crippen LogP contribution in [0.1, 0.15) is 6.92 Å². The first-order valence-electron chi connectivity index (χ1n) is 10.7. The van der Waals surface area contributed by atoms with Crippen LogP contribution in [0.4, 0.5) is 11.4 Å². The third-order valence-corrected chi connectivity index (χ3v) is 6.79. The average Bonchev–Trinajstić information content (AvgIpc) is 2.87. The van der Waals surface area contributed by atoms with E-state index in [-0.39, 0.29) is 10.6 Å². The highest BCUT2D eigenvalue weighted by molar-refractivity contribution is 7.92. The van der Waals surface area contributed by atoms with E-state index in [1.807, 2.05) is 6.92 Å². The third-order valence-electron chi connectivity index (χ3n) is 5.02. The zero-order chi connectivity index (χ0) is 25.4. The minimum atomic E-state index is -4.17. The summed E-state index contributed by atoms with van der Waals surface area (Å²) in [6.45, 7) is 1.85. The zero-order valence-corrected chi connectivity index (χ0v) is 20.8. The number of nitrogens with one attached hydrogen (secondary N) is 1. The molecule has 0 aromatic heterocycles. The molecule has 0 aliphatic carbocycles. The van der Waals surface area contributed by atoms with Gasteiger partial charge in [-0.25, -0.2) is 8.42 Å². The first-order chi connectivity index (χ1) is 16.8. The molecule has 0 heterocycles. The molecule has 0 unspecified atom stereocenters. The van der Waals surface area contributed by atoms with E-state index in [1.165, 1.54) is 39.5 Å². The largest absolute Gasteiger partial charge is 0.497 e. The molecule has 10 heteroatoms. The molecule has 0 saturated carbocycles. The Bertz CT molecular complexity index is 1260. The lowest BCUT2D eigenvalue weighted by Crippen LogP contribution is -2.38. The van der Waals surface area contributed by atoms with Crippen LogP contribution in [0.25, 0.3) is 0 Å². The molecular weight excluding hydrogens is 472 g/mol. The van der Waals surface area contributed by atoms with Gasteiger partial charge in [-0.3, -0.25) is 9.10 Å². The molecule has 1 N–H and O–H groups in total. The standard InChI is InChI=1S/C25H28N2O7S/c1-5-34-20-11-9-19(10-12-20)27(17-25(28)26-18-7-6-8-21(15-18)31-2)35(29,30)22-13-14-23(32-3)24(16-22)33-4/h6-16H,5,17H2,1-4H3,(H,26,28). The minimum absolute atomic E-state index is 0.0572. The Labute approximate surface area is 205 Å². The summed E-state index contributed by atoms with van der Waals surface area (Å²) in [7, 11) is 0.229. The molecule has 3 aromatic carbocycles. The molecule has 0 aliphatic rings. The monoisotopic (exact) mass is 500 g/mol. The maximum absolute atomic E-state index is 13.7. The van der Waals surface area contributed by atoms with E-state index < -0.39 is 22.5 Å². The molecule has 9 nitrogen and oxygen atoms in total. The number of ether oxygens (including phenoxy) is 4. The number of benzene rings is 3. The molecule has 0 atom stereocenters. The third kappa shape index (κ3) is 6.15. The molecular formula is C25H28N2O7S. The van der Waals surface area contributed by atoms with E-state index in [2.05, 4.69) is 5.32 Å². The van der Waals surface area contributed by atoms with E-state index >= 15 is 0 Å². The number of carbonyl (C=O) groups is 1. The predicted octanol–water partition coefficient (Wildman–Crippen LogP) is 3.95. The summed E-state index contributed by atoms with van der Waals surface area (Å²) >= 11 is 0. The van der Waals surface area contributed by atoms with Crippen molar-refractivity contribution >= 4 is 27.3 Å². The summed E-state index contributed by atoms with van der Waals surface area (Å²) in [5, 5.41) is 2.72. The number of anilines is 2. The highest BCUT2D eigenvalue weighted by atomic mass is 32.2. The van der Waals surface area contributed by atoms with Crippen molar-refractivity contribution in [3.05, 3.63) is 66.7 Å². The molecule has 0 saturated heterocycles. The molecule has 0 radical (unpaired) electrons. The zero-order valence-electron chi connectivity index (χ0n) is 20.0. The van der Waals surface area contributed by atoms with Gasteiger partial charge in [0.2, 0.25) is 5.91 Å². The molecule has 35 heavy (non-hydrogen) atoms. The first-order valence-corrected chi connectivity index (χ1v) is 12.2. The fourth-order valence-corrected chi connectivity index (χ4v) is 4.76. The van der Waals surface area contributed by atoms with Gasteiger partial charge >= 0.3 is 0 Å². The Balaban J connectivity index is 1.98. The van der Waals surface area contributed by atoms with Crippen LogP contribution in [-0.2, 0) is 14.8 Å². The van der Waals surface area contributed by atoms with Crippen LogP contribution >= 0.6 is 0 Å². The summed E-state index contributed by atoms with van der Waals surface area (Å²) in [5.41, 5.74) is 0.772. The number of sulfonamides is 1. The van der Waals surface area contributed by atoms with Crippen LogP contribution in [0.2, 0.25) is 0 Å². The average molecular weight is 501 g/mol. The quantitative estimate of drug-likeness (QED) is 0.425. The highest BCUT2D eigenvalue weighted by Crippen LogP contribution is 2.32. The van der Waals surface area contributed by atoms with Crippen LogP contribution in [0, 0.1) is 0 Å². The minimum Gasteiger partial charge on any atom is -0.497 e. The van der Waals surface area contributed by atoms with Crippen LogP contribution in [-0.4, -0.2) is 48.8 Å². The molecule has 0 fully saturated rings. The highest BCUT2D eigenvalue weighted by Gasteiger charge is 2.28. The van der Waals surface area contributed by atoms with Crippen LogP contribution in [0.15, 0.2) is 71.6 Å². The maximum atomic E-state index is 13.7. The van der Waals surface area contributed by atoms with Crippen LogP contribution in [0.5, 0.6) is 23.0 Å². The van der Waals surface area contributed by atoms with Gasteiger partial charge < -0.3 is 24.3 Å². The van der Waals surface area contributed by atoms with Gasteiger partial charge in [-0.05, 0) is 55.5 Å². The van der Waals surface area contributed by atoms with Crippen LogP contribution in [0.3, 0.4) is 0 Å². The Morgan fingerprint density at radius 3 is 2.20 bits per heavy atom. The lowest BCUT2D eigenvalue weighted by Gasteiger charge is -2.25. The van der Waals surface area contributed by atoms with Crippen molar-refractivity contribution in [3.63, 3.8) is 0 Å². The number of carbonyl (C=O) groups excluding carboxylic acids is 1. The van der Waals surface area contributed by atoms with Crippen molar-refractivity contribution in [3.8, 4) is 23.0 Å². The first kappa shape index (κ1) is 25.7. The number of methoxy groups -OCH3 is 3.